The molecule has 0 spiro atoms. The number of aromatic nitrogens is 1. The number of hydrogen-bond donors (Lipinski definition) is 1. The Morgan fingerprint density at radius 1 is 1.24 bits per heavy atom. The molecule has 1 aromatic heterocycles. The molecule has 4 rings (SSSR count). The van der Waals surface area contributed by atoms with E-state index in [1.165, 1.54) is 19.4 Å². The molecule has 0 unspecified atom stereocenters. The molecule has 29 heavy (non-hydrogen) atoms. The maximum absolute atomic E-state index is 12.7. The third-order valence-corrected chi connectivity index (χ3v) is 6.95. The third-order valence-electron chi connectivity index (χ3n) is 4.72. The number of hydrogen-bond acceptors (Lipinski definition) is 8. The molecular weight excluding hydrogens is 416 g/mol. The second kappa shape index (κ2) is 7.56. The van der Waals surface area contributed by atoms with E-state index < -0.39 is 21.9 Å². The molecule has 1 aromatic carbocycles. The zero-order valence-corrected chi connectivity index (χ0v) is 17.2. The lowest BCUT2D eigenvalue weighted by molar-refractivity contribution is 0.0606. The third kappa shape index (κ3) is 3.75. The number of esters is 1. The van der Waals surface area contributed by atoms with E-state index in [9.17, 15) is 18.0 Å². The van der Waals surface area contributed by atoms with Crippen molar-refractivity contribution < 1.29 is 22.7 Å². The van der Waals surface area contributed by atoms with Gasteiger partial charge in [-0.1, -0.05) is 17.8 Å². The summed E-state index contributed by atoms with van der Waals surface area (Å²) in [6.07, 6.45) is 4.80. The molecule has 1 fully saturated rings. The molecule has 0 aliphatic carbocycles. The number of sulfonamides is 1. The van der Waals surface area contributed by atoms with Crippen LogP contribution in [0.5, 0.6) is 0 Å². The zero-order valence-electron chi connectivity index (χ0n) is 15.5. The van der Waals surface area contributed by atoms with E-state index in [2.05, 4.69) is 19.4 Å². The van der Waals surface area contributed by atoms with E-state index in [0.717, 1.165) is 30.6 Å². The number of nitrogens with one attached hydrogen (secondary N) is 1. The number of amidine groups is 1. The highest BCUT2D eigenvalue weighted by atomic mass is 32.2. The first kappa shape index (κ1) is 19.5. The molecule has 11 heteroatoms. The number of ether oxygens (including phenoxy) is 1. The summed E-state index contributed by atoms with van der Waals surface area (Å²) in [5.41, 5.74) is 0.714. The lowest BCUT2D eigenvalue weighted by Crippen LogP contribution is -2.35. The number of methoxy groups -OCH3 is 1. The fourth-order valence-electron chi connectivity index (χ4n) is 3.32. The van der Waals surface area contributed by atoms with Gasteiger partial charge >= 0.3 is 5.97 Å². The monoisotopic (exact) mass is 434 g/mol. The van der Waals surface area contributed by atoms with Gasteiger partial charge in [-0.2, -0.15) is 8.42 Å². The molecule has 1 amide bonds. The maximum Gasteiger partial charge on any atom is 0.349 e. The van der Waals surface area contributed by atoms with E-state index in [0.29, 0.717) is 24.5 Å². The number of amides is 1. The van der Waals surface area contributed by atoms with E-state index in [1.807, 2.05) is 4.90 Å². The summed E-state index contributed by atoms with van der Waals surface area (Å²) >= 11 is 0.968. The Morgan fingerprint density at radius 3 is 2.86 bits per heavy atom. The second-order valence-electron chi connectivity index (χ2n) is 6.60. The molecule has 0 radical (unpaired) electrons. The lowest BCUT2D eigenvalue weighted by atomic mass is 10.1. The summed E-state index contributed by atoms with van der Waals surface area (Å²) in [7, 11) is -2.62. The van der Waals surface area contributed by atoms with Gasteiger partial charge < -0.3 is 9.64 Å². The number of nitrogens with zero attached hydrogens (tertiary/aromatic N) is 3. The van der Waals surface area contributed by atoms with Gasteiger partial charge in [-0.25, -0.2) is 9.78 Å². The molecule has 2 aromatic rings. The van der Waals surface area contributed by atoms with Gasteiger partial charge in [-0.05, 0) is 31.0 Å². The predicted molar refractivity (Wildman–Crippen MR) is 108 cm³/mol. The Hall–Kier alpha value is -2.79. The number of fused-ring (bicyclic) bond motifs is 3. The molecular formula is C18H18N4O5S2. The highest BCUT2D eigenvalue weighted by molar-refractivity contribution is 7.90. The topological polar surface area (TPSA) is 118 Å². The molecule has 2 aliphatic heterocycles. The molecule has 2 aliphatic rings. The highest BCUT2D eigenvalue weighted by Gasteiger charge is 2.32. The van der Waals surface area contributed by atoms with Crippen molar-refractivity contribution in [2.75, 3.05) is 23.9 Å². The average molecular weight is 434 g/mol. The van der Waals surface area contributed by atoms with Gasteiger partial charge in [0.25, 0.3) is 15.9 Å². The van der Waals surface area contributed by atoms with Crippen molar-refractivity contribution in [3.8, 4) is 0 Å². The van der Waals surface area contributed by atoms with Gasteiger partial charge in [0.05, 0.1) is 19.0 Å². The summed E-state index contributed by atoms with van der Waals surface area (Å²) in [6, 6.07) is 4.55. The van der Waals surface area contributed by atoms with Crippen LogP contribution in [0.4, 0.5) is 10.8 Å². The van der Waals surface area contributed by atoms with Gasteiger partial charge in [0.1, 0.15) is 15.6 Å². The minimum Gasteiger partial charge on any atom is -0.465 e. The van der Waals surface area contributed by atoms with Crippen LogP contribution in [0.3, 0.4) is 0 Å². The first-order chi connectivity index (χ1) is 13.9. The Bertz CT molecular complexity index is 1120. The van der Waals surface area contributed by atoms with Crippen LogP contribution in [0.1, 0.15) is 45.7 Å². The van der Waals surface area contributed by atoms with Crippen molar-refractivity contribution in [1.29, 1.82) is 0 Å². The summed E-state index contributed by atoms with van der Waals surface area (Å²) in [5, 5.41) is 2.79. The summed E-state index contributed by atoms with van der Waals surface area (Å²) < 4.78 is 33.9. The fraction of sp³-hybridized carbons (Fsp3) is 0.333. The average Bonchev–Trinajstić information content (AvgIpc) is 3.04. The van der Waals surface area contributed by atoms with Crippen molar-refractivity contribution in [3.05, 3.63) is 34.8 Å². The number of anilines is 2. The number of carbonyl (C=O) groups excluding carboxylic acids is 2. The van der Waals surface area contributed by atoms with Crippen LogP contribution in [-0.4, -0.2) is 44.8 Å². The van der Waals surface area contributed by atoms with Crippen LogP contribution in [0.25, 0.3) is 0 Å². The smallest absolute Gasteiger partial charge is 0.349 e. The van der Waals surface area contributed by atoms with E-state index in [-0.39, 0.29) is 20.5 Å². The van der Waals surface area contributed by atoms with Gasteiger partial charge in [0.2, 0.25) is 0 Å². The Labute approximate surface area is 171 Å². The summed E-state index contributed by atoms with van der Waals surface area (Å²) in [5.74, 6) is -0.515. The second-order valence-corrected chi connectivity index (χ2v) is 9.21. The van der Waals surface area contributed by atoms with Crippen molar-refractivity contribution in [1.82, 2.24) is 4.98 Å². The minimum atomic E-state index is -3.88. The van der Waals surface area contributed by atoms with Gasteiger partial charge in [0, 0.05) is 18.5 Å². The van der Waals surface area contributed by atoms with Crippen molar-refractivity contribution in [3.63, 3.8) is 0 Å². The molecule has 1 saturated heterocycles. The normalized spacial score (nSPS) is 17.4. The van der Waals surface area contributed by atoms with E-state index >= 15 is 0 Å². The number of thiazole rings is 1. The van der Waals surface area contributed by atoms with Crippen LogP contribution in [0.2, 0.25) is 0 Å². The highest BCUT2D eigenvalue weighted by Crippen LogP contribution is 2.35. The quantitative estimate of drug-likeness (QED) is 0.738. The van der Waals surface area contributed by atoms with Gasteiger partial charge in [-0.3, -0.25) is 10.1 Å². The largest absolute Gasteiger partial charge is 0.465 e. The SMILES string of the molecule is COC(=O)c1cnc(NC(=O)c2ccc3c(c2)S(=O)(=O)N=C2CCCCCN23)s1. The fourth-order valence-corrected chi connectivity index (χ4v) is 5.33. The first-order valence-electron chi connectivity index (χ1n) is 9.00. The number of carbonyl (C=O) groups is 2. The zero-order chi connectivity index (χ0) is 20.6. The number of rotatable bonds is 3. The van der Waals surface area contributed by atoms with Crippen molar-refractivity contribution in [2.24, 2.45) is 4.40 Å². The molecule has 1 N–H and O–H groups in total. The summed E-state index contributed by atoms with van der Waals surface area (Å²) in [4.78, 5) is 30.3. The molecule has 9 nitrogen and oxygen atoms in total. The molecule has 0 bridgehead atoms. The summed E-state index contributed by atoms with van der Waals surface area (Å²) in [6.45, 7) is 0.697. The predicted octanol–water partition coefficient (Wildman–Crippen LogP) is 2.66. The van der Waals surface area contributed by atoms with Gasteiger partial charge in [0.15, 0.2) is 5.13 Å². The van der Waals surface area contributed by atoms with Crippen molar-refractivity contribution >= 4 is 49.9 Å². The first-order valence-corrected chi connectivity index (χ1v) is 11.3. The Kier molecular flexibility index (Phi) is 5.09. The lowest BCUT2D eigenvalue weighted by Gasteiger charge is -2.29. The van der Waals surface area contributed by atoms with Crippen LogP contribution in [0.15, 0.2) is 33.7 Å². The molecule has 0 saturated carbocycles. The van der Waals surface area contributed by atoms with E-state index in [4.69, 9.17) is 0 Å². The van der Waals surface area contributed by atoms with Crippen molar-refractivity contribution in [2.45, 2.75) is 30.6 Å². The molecule has 152 valence electrons. The van der Waals surface area contributed by atoms with E-state index in [1.54, 1.807) is 12.1 Å². The van der Waals surface area contributed by atoms with Gasteiger partial charge in [-0.15, -0.1) is 4.40 Å². The standard InChI is InChI=1S/C18H18N4O5S2/c1-27-17(24)13-10-19-18(28-13)20-16(23)11-6-7-12-14(9-11)29(25,26)21-15-5-3-2-4-8-22(12)15/h6-7,9-10H,2-5,8H2,1H3,(H,19,20,23). The van der Waals surface area contributed by atoms with Crippen LogP contribution < -0.4 is 10.2 Å². The Balaban J connectivity index is 1.62. The molecule has 0 atom stereocenters. The van der Waals surface area contributed by atoms with Crippen LogP contribution >= 0.6 is 11.3 Å². The number of benzene rings is 1. The maximum atomic E-state index is 12.7. The van der Waals surface area contributed by atoms with Crippen LogP contribution in [-0.2, 0) is 14.8 Å². The van der Waals surface area contributed by atoms with Crippen LogP contribution in [0, 0.1) is 0 Å². The molecule has 3 heterocycles. The Morgan fingerprint density at radius 2 is 2.07 bits per heavy atom. The minimum absolute atomic E-state index is 0.0187.